The van der Waals surface area contributed by atoms with Gasteiger partial charge in [-0.3, -0.25) is 4.68 Å². The van der Waals surface area contributed by atoms with Gasteiger partial charge in [-0.1, -0.05) is 26.0 Å². The van der Waals surface area contributed by atoms with E-state index < -0.39 is 0 Å². The van der Waals surface area contributed by atoms with Crippen molar-refractivity contribution in [3.05, 3.63) is 47.8 Å². The highest BCUT2D eigenvalue weighted by Crippen LogP contribution is 2.16. The second kappa shape index (κ2) is 7.94. The predicted molar refractivity (Wildman–Crippen MR) is 96.3 cm³/mol. The van der Waals surface area contributed by atoms with Gasteiger partial charge in [0.15, 0.2) is 5.11 Å². The third kappa shape index (κ3) is 5.15. The molecule has 5 heteroatoms. The molecule has 2 aromatic rings. The van der Waals surface area contributed by atoms with E-state index in [9.17, 15) is 0 Å². The summed E-state index contributed by atoms with van der Waals surface area (Å²) in [5, 5.41) is 11.5. The summed E-state index contributed by atoms with van der Waals surface area (Å²) < 4.78 is 1.96. The number of aryl methyl sites for hydroxylation is 2. The molecule has 22 heavy (non-hydrogen) atoms. The molecule has 1 aromatic carbocycles. The van der Waals surface area contributed by atoms with Crippen LogP contribution in [0, 0.1) is 6.92 Å². The Labute approximate surface area is 137 Å². The first kappa shape index (κ1) is 16.5. The molecule has 0 unspecified atom stereocenters. The van der Waals surface area contributed by atoms with E-state index in [1.54, 1.807) is 0 Å². The molecule has 0 atom stereocenters. The van der Waals surface area contributed by atoms with E-state index in [2.05, 4.69) is 53.8 Å². The van der Waals surface area contributed by atoms with Crippen LogP contribution >= 0.6 is 12.2 Å². The van der Waals surface area contributed by atoms with Gasteiger partial charge < -0.3 is 10.6 Å². The molecule has 0 bridgehead atoms. The minimum atomic E-state index is 0.546. The van der Waals surface area contributed by atoms with Crippen LogP contribution in [-0.2, 0) is 6.54 Å². The zero-order valence-electron chi connectivity index (χ0n) is 13.5. The molecule has 1 heterocycles. The Morgan fingerprint density at radius 2 is 1.95 bits per heavy atom. The number of anilines is 1. The summed E-state index contributed by atoms with van der Waals surface area (Å²) in [6.07, 6.45) is 2.98. The number of benzene rings is 1. The van der Waals surface area contributed by atoms with Gasteiger partial charge in [0.05, 0.1) is 5.69 Å². The largest absolute Gasteiger partial charge is 0.362 e. The molecule has 0 fully saturated rings. The lowest BCUT2D eigenvalue weighted by atomic mass is 10.0. The molecule has 4 nitrogen and oxygen atoms in total. The Bertz CT molecular complexity index is 601. The zero-order chi connectivity index (χ0) is 15.9. The number of nitrogens with zero attached hydrogens (tertiary/aromatic N) is 2. The summed E-state index contributed by atoms with van der Waals surface area (Å²) in [5.74, 6) is 0.546. The molecular formula is C17H24N4S. The van der Waals surface area contributed by atoms with Crippen molar-refractivity contribution in [3.8, 4) is 0 Å². The van der Waals surface area contributed by atoms with Crippen molar-refractivity contribution >= 4 is 23.0 Å². The molecule has 0 radical (unpaired) electrons. The predicted octanol–water partition coefficient (Wildman–Crippen LogP) is 3.69. The molecule has 0 aliphatic carbocycles. The first-order chi connectivity index (χ1) is 10.5. The molecule has 0 aliphatic rings. The molecule has 0 aliphatic heterocycles. The van der Waals surface area contributed by atoms with Crippen LogP contribution in [0.3, 0.4) is 0 Å². The van der Waals surface area contributed by atoms with Crippen LogP contribution in [0.25, 0.3) is 0 Å². The fraction of sp³-hybridized carbons (Fsp3) is 0.412. The van der Waals surface area contributed by atoms with Gasteiger partial charge in [-0.25, -0.2) is 0 Å². The van der Waals surface area contributed by atoms with E-state index in [1.807, 2.05) is 23.9 Å². The van der Waals surface area contributed by atoms with Crippen molar-refractivity contribution < 1.29 is 0 Å². The summed E-state index contributed by atoms with van der Waals surface area (Å²) in [7, 11) is 0. The molecule has 0 amide bonds. The van der Waals surface area contributed by atoms with Crippen molar-refractivity contribution in [3.63, 3.8) is 0 Å². The Morgan fingerprint density at radius 1 is 1.23 bits per heavy atom. The van der Waals surface area contributed by atoms with Crippen LogP contribution in [0.1, 0.15) is 37.4 Å². The average Bonchev–Trinajstić information content (AvgIpc) is 2.90. The van der Waals surface area contributed by atoms with Crippen LogP contribution in [0.2, 0.25) is 0 Å². The van der Waals surface area contributed by atoms with Gasteiger partial charge in [0.1, 0.15) is 0 Å². The third-order valence-corrected chi connectivity index (χ3v) is 3.71. The average molecular weight is 316 g/mol. The smallest absolute Gasteiger partial charge is 0.170 e. The van der Waals surface area contributed by atoms with Crippen LogP contribution < -0.4 is 10.6 Å². The number of aromatic nitrogens is 2. The van der Waals surface area contributed by atoms with E-state index in [4.69, 9.17) is 12.2 Å². The van der Waals surface area contributed by atoms with Crippen molar-refractivity contribution in [2.24, 2.45) is 0 Å². The summed E-state index contributed by atoms with van der Waals surface area (Å²) in [5.41, 5.74) is 3.40. The quantitative estimate of drug-likeness (QED) is 0.630. The van der Waals surface area contributed by atoms with Crippen molar-refractivity contribution in [1.29, 1.82) is 0 Å². The lowest BCUT2D eigenvalue weighted by Crippen LogP contribution is -2.29. The monoisotopic (exact) mass is 316 g/mol. The van der Waals surface area contributed by atoms with Crippen LogP contribution in [0.15, 0.2) is 36.5 Å². The minimum absolute atomic E-state index is 0.546. The zero-order valence-corrected chi connectivity index (χ0v) is 14.3. The van der Waals surface area contributed by atoms with Gasteiger partial charge >= 0.3 is 0 Å². The normalized spacial score (nSPS) is 10.7. The Morgan fingerprint density at radius 3 is 2.55 bits per heavy atom. The van der Waals surface area contributed by atoms with E-state index in [1.165, 1.54) is 5.56 Å². The minimum Gasteiger partial charge on any atom is -0.362 e. The van der Waals surface area contributed by atoms with E-state index >= 15 is 0 Å². The lowest BCUT2D eigenvalue weighted by Gasteiger charge is -2.12. The van der Waals surface area contributed by atoms with E-state index in [0.717, 1.165) is 30.9 Å². The number of rotatable bonds is 6. The summed E-state index contributed by atoms with van der Waals surface area (Å²) in [6.45, 7) is 8.10. The molecule has 0 saturated carbocycles. The first-order valence-corrected chi connectivity index (χ1v) is 8.10. The maximum absolute atomic E-state index is 5.31. The highest BCUT2D eigenvalue weighted by atomic mass is 32.1. The van der Waals surface area contributed by atoms with Crippen molar-refractivity contribution in [2.75, 3.05) is 11.9 Å². The number of hydrogen-bond donors (Lipinski definition) is 2. The molecule has 1 aromatic heterocycles. The Kier molecular flexibility index (Phi) is 5.95. The molecule has 118 valence electrons. The maximum atomic E-state index is 5.31. The van der Waals surface area contributed by atoms with Gasteiger partial charge in [0.2, 0.25) is 0 Å². The third-order valence-electron chi connectivity index (χ3n) is 3.46. The van der Waals surface area contributed by atoms with Gasteiger partial charge in [-0.15, -0.1) is 0 Å². The Hall–Kier alpha value is -1.88. The van der Waals surface area contributed by atoms with E-state index in [-0.39, 0.29) is 0 Å². The van der Waals surface area contributed by atoms with Crippen LogP contribution in [0.5, 0.6) is 0 Å². The fourth-order valence-corrected chi connectivity index (χ4v) is 2.38. The van der Waals surface area contributed by atoms with Gasteiger partial charge in [-0.05, 0) is 55.2 Å². The topological polar surface area (TPSA) is 41.9 Å². The summed E-state index contributed by atoms with van der Waals surface area (Å²) >= 11 is 5.31. The fourth-order valence-electron chi connectivity index (χ4n) is 2.16. The second-order valence-corrected chi connectivity index (χ2v) is 6.14. The summed E-state index contributed by atoms with van der Waals surface area (Å²) in [4.78, 5) is 0. The van der Waals surface area contributed by atoms with Crippen molar-refractivity contribution in [2.45, 2.75) is 39.7 Å². The molecule has 0 spiro atoms. The highest BCUT2D eigenvalue weighted by Gasteiger charge is 2.01. The maximum Gasteiger partial charge on any atom is 0.170 e. The van der Waals surface area contributed by atoms with Crippen molar-refractivity contribution in [1.82, 2.24) is 15.1 Å². The van der Waals surface area contributed by atoms with Crippen LogP contribution in [0.4, 0.5) is 5.69 Å². The highest BCUT2D eigenvalue weighted by molar-refractivity contribution is 7.80. The molecule has 2 N–H and O–H groups in total. The van der Waals surface area contributed by atoms with Crippen LogP contribution in [-0.4, -0.2) is 21.4 Å². The Balaban J connectivity index is 1.69. The lowest BCUT2D eigenvalue weighted by molar-refractivity contribution is 0.570. The number of nitrogens with one attached hydrogen (secondary N) is 2. The molecule has 2 rings (SSSR count). The first-order valence-electron chi connectivity index (χ1n) is 7.69. The second-order valence-electron chi connectivity index (χ2n) is 5.73. The van der Waals surface area contributed by atoms with E-state index in [0.29, 0.717) is 11.0 Å². The van der Waals surface area contributed by atoms with Gasteiger partial charge in [-0.2, -0.15) is 5.10 Å². The van der Waals surface area contributed by atoms with Gasteiger partial charge in [0, 0.05) is 25.0 Å². The number of thiocarbonyl (C=S) groups is 1. The molecule has 0 saturated heterocycles. The SMILES string of the molecule is Cc1ccn(CCCNC(=S)Nc2ccc(C(C)C)cc2)n1. The standard InChI is InChI=1S/C17H24N4S/c1-13(2)15-5-7-16(8-6-15)19-17(22)18-10-4-11-21-12-9-14(3)20-21/h5-9,12-13H,4,10-11H2,1-3H3,(H2,18,19,22). The summed E-state index contributed by atoms with van der Waals surface area (Å²) in [6, 6.07) is 10.4. The molecular weight excluding hydrogens is 292 g/mol. The van der Waals surface area contributed by atoms with Gasteiger partial charge in [0.25, 0.3) is 0 Å². The number of hydrogen-bond acceptors (Lipinski definition) is 2.